The van der Waals surface area contributed by atoms with Crippen molar-refractivity contribution in [2.45, 2.75) is 57.5 Å². The molecule has 1 saturated carbocycles. The van der Waals surface area contributed by atoms with Crippen LogP contribution in [0.15, 0.2) is 42.5 Å². The molecule has 1 fully saturated rings. The Kier molecular flexibility index (Phi) is 3.86. The molecule has 2 aromatic heterocycles. The highest BCUT2D eigenvalue weighted by atomic mass is 16.1. The van der Waals surface area contributed by atoms with Crippen molar-refractivity contribution < 1.29 is 4.79 Å². The molecule has 146 valence electrons. The predicted octanol–water partition coefficient (Wildman–Crippen LogP) is 5.92. The summed E-state index contributed by atoms with van der Waals surface area (Å²) >= 11 is 0. The minimum Gasteiger partial charge on any atom is -0.338 e. The van der Waals surface area contributed by atoms with Crippen molar-refractivity contribution >= 4 is 28.2 Å². The maximum Gasteiger partial charge on any atom is 0.158 e. The van der Waals surface area contributed by atoms with Crippen LogP contribution in [-0.4, -0.2) is 20.4 Å². The number of fused-ring (bicyclic) bond motifs is 7. The Hall–Kier alpha value is -2.88. The van der Waals surface area contributed by atoms with Crippen molar-refractivity contribution in [3.05, 3.63) is 53.6 Å². The Bertz CT molecular complexity index is 1240. The number of imidazole rings is 1. The van der Waals surface area contributed by atoms with Crippen LogP contribution < -0.4 is 0 Å². The van der Waals surface area contributed by atoms with Crippen LogP contribution in [0.25, 0.3) is 33.5 Å². The Morgan fingerprint density at radius 2 is 1.72 bits per heavy atom. The number of carbonyl (C=O) groups is 1. The van der Waals surface area contributed by atoms with Gasteiger partial charge >= 0.3 is 0 Å². The number of nitrogens with zero attached hydrogens (tertiary/aromatic N) is 3. The lowest BCUT2D eigenvalue weighted by Gasteiger charge is -2.23. The summed E-state index contributed by atoms with van der Waals surface area (Å²) in [5.74, 6) is 1.68. The maximum absolute atomic E-state index is 11.5. The van der Waals surface area contributed by atoms with Crippen molar-refractivity contribution in [3.63, 3.8) is 0 Å². The fourth-order valence-corrected chi connectivity index (χ4v) is 5.61. The van der Waals surface area contributed by atoms with E-state index >= 15 is 0 Å². The molecule has 1 aliphatic heterocycles. The zero-order chi connectivity index (χ0) is 19.4. The van der Waals surface area contributed by atoms with Crippen molar-refractivity contribution in [1.29, 1.82) is 0 Å². The third-order valence-corrected chi connectivity index (χ3v) is 6.91. The van der Waals surface area contributed by atoms with Crippen LogP contribution in [-0.2, 0) is 13.1 Å². The molecule has 6 rings (SSSR count). The lowest BCUT2D eigenvalue weighted by Crippen LogP contribution is -2.07. The van der Waals surface area contributed by atoms with E-state index in [2.05, 4.69) is 45.5 Å². The second kappa shape index (κ2) is 6.58. The standard InChI is InChI=1S/C25H25N3O/c29-16-17-11-12-19-22(15-17)27-13-6-14-28-21-10-5-4-9-20(21)26-25(28)24(27)23(19)18-7-2-1-3-8-18/h4-5,9-12,15-16,18H,1-3,6-8,13-14H2. The summed E-state index contributed by atoms with van der Waals surface area (Å²) in [5, 5.41) is 1.32. The van der Waals surface area contributed by atoms with Gasteiger partial charge in [-0.15, -0.1) is 0 Å². The summed E-state index contributed by atoms with van der Waals surface area (Å²) in [7, 11) is 0. The average Bonchev–Trinajstić information content (AvgIpc) is 3.23. The second-order valence-electron chi connectivity index (χ2n) is 8.57. The zero-order valence-electron chi connectivity index (χ0n) is 16.6. The fourth-order valence-electron chi connectivity index (χ4n) is 5.61. The van der Waals surface area contributed by atoms with Crippen molar-refractivity contribution in [3.8, 4) is 11.5 Å². The lowest BCUT2D eigenvalue weighted by molar-refractivity contribution is 0.112. The van der Waals surface area contributed by atoms with Gasteiger partial charge in [-0.1, -0.05) is 43.5 Å². The molecule has 0 saturated heterocycles. The van der Waals surface area contributed by atoms with Crippen molar-refractivity contribution in [2.75, 3.05) is 0 Å². The molecule has 0 radical (unpaired) electrons. The van der Waals surface area contributed by atoms with Gasteiger partial charge in [-0.05, 0) is 48.9 Å². The summed E-state index contributed by atoms with van der Waals surface area (Å²) in [6.45, 7) is 1.95. The number of hydrogen-bond donors (Lipinski definition) is 0. The first kappa shape index (κ1) is 17.0. The lowest BCUT2D eigenvalue weighted by atomic mass is 9.82. The molecular weight excluding hydrogens is 358 g/mol. The van der Waals surface area contributed by atoms with Gasteiger partial charge in [-0.3, -0.25) is 4.79 Å². The number of carbonyl (C=O) groups excluding carboxylic acids is 1. The topological polar surface area (TPSA) is 39.8 Å². The first-order valence-corrected chi connectivity index (χ1v) is 10.9. The van der Waals surface area contributed by atoms with E-state index in [9.17, 15) is 4.79 Å². The van der Waals surface area contributed by atoms with Gasteiger partial charge in [0.15, 0.2) is 5.82 Å². The van der Waals surface area contributed by atoms with Gasteiger partial charge in [-0.25, -0.2) is 4.98 Å². The Morgan fingerprint density at radius 3 is 2.59 bits per heavy atom. The molecule has 4 heteroatoms. The molecule has 3 heterocycles. The highest BCUT2D eigenvalue weighted by Gasteiger charge is 2.30. The van der Waals surface area contributed by atoms with Crippen LogP contribution in [0.5, 0.6) is 0 Å². The van der Waals surface area contributed by atoms with E-state index in [4.69, 9.17) is 4.98 Å². The molecule has 0 bridgehead atoms. The van der Waals surface area contributed by atoms with Crippen LogP contribution >= 0.6 is 0 Å². The molecule has 4 nitrogen and oxygen atoms in total. The molecule has 29 heavy (non-hydrogen) atoms. The minimum absolute atomic E-state index is 0.580. The van der Waals surface area contributed by atoms with E-state index in [1.165, 1.54) is 59.8 Å². The van der Waals surface area contributed by atoms with Crippen molar-refractivity contribution in [1.82, 2.24) is 14.1 Å². The third-order valence-electron chi connectivity index (χ3n) is 6.91. The van der Waals surface area contributed by atoms with Gasteiger partial charge in [0, 0.05) is 29.6 Å². The number of aryl methyl sites for hydroxylation is 2. The highest BCUT2D eigenvalue weighted by molar-refractivity contribution is 5.96. The monoisotopic (exact) mass is 383 g/mol. The first-order valence-electron chi connectivity index (χ1n) is 10.9. The quantitative estimate of drug-likeness (QED) is 0.403. The summed E-state index contributed by atoms with van der Waals surface area (Å²) in [6, 6.07) is 14.7. The number of hydrogen-bond acceptors (Lipinski definition) is 2. The predicted molar refractivity (Wildman–Crippen MR) is 116 cm³/mol. The molecule has 2 aromatic carbocycles. The number of rotatable bonds is 2. The van der Waals surface area contributed by atoms with Gasteiger partial charge in [0.2, 0.25) is 0 Å². The highest BCUT2D eigenvalue weighted by Crippen LogP contribution is 2.45. The summed E-state index contributed by atoms with van der Waals surface area (Å²) in [4.78, 5) is 16.6. The fraction of sp³-hybridized carbons (Fsp3) is 0.360. The molecule has 0 N–H and O–H groups in total. The van der Waals surface area contributed by atoms with Crippen molar-refractivity contribution in [2.24, 2.45) is 0 Å². The molecule has 0 unspecified atom stereocenters. The van der Waals surface area contributed by atoms with Gasteiger partial charge in [-0.2, -0.15) is 0 Å². The Balaban J connectivity index is 1.71. The van der Waals surface area contributed by atoms with Crippen LogP contribution in [0.2, 0.25) is 0 Å². The average molecular weight is 383 g/mol. The Morgan fingerprint density at radius 1 is 0.897 bits per heavy atom. The third kappa shape index (κ3) is 2.51. The second-order valence-corrected chi connectivity index (χ2v) is 8.57. The maximum atomic E-state index is 11.5. The summed E-state index contributed by atoms with van der Waals surface area (Å²) in [5.41, 5.74) is 7.02. The van der Waals surface area contributed by atoms with Crippen LogP contribution in [0, 0.1) is 0 Å². The molecular formula is C25H25N3O. The van der Waals surface area contributed by atoms with Crippen LogP contribution in [0.3, 0.4) is 0 Å². The van der Waals surface area contributed by atoms with Crippen LogP contribution in [0.4, 0.5) is 0 Å². The summed E-state index contributed by atoms with van der Waals surface area (Å²) < 4.78 is 4.87. The van der Waals surface area contributed by atoms with E-state index in [-0.39, 0.29) is 0 Å². The number of para-hydroxylation sites is 2. The summed E-state index contributed by atoms with van der Waals surface area (Å²) in [6.07, 6.45) is 8.49. The number of aromatic nitrogens is 3. The zero-order valence-corrected chi connectivity index (χ0v) is 16.6. The molecule has 4 aromatic rings. The van der Waals surface area contributed by atoms with Gasteiger partial charge < -0.3 is 9.13 Å². The number of aldehydes is 1. The van der Waals surface area contributed by atoms with Crippen LogP contribution in [0.1, 0.15) is 60.4 Å². The molecule has 0 amide bonds. The first-order chi connectivity index (χ1) is 14.3. The van der Waals surface area contributed by atoms with Gasteiger partial charge in [0.25, 0.3) is 0 Å². The smallest absolute Gasteiger partial charge is 0.158 e. The van der Waals surface area contributed by atoms with E-state index < -0.39 is 0 Å². The van der Waals surface area contributed by atoms with E-state index in [1.807, 2.05) is 6.07 Å². The molecule has 1 aliphatic carbocycles. The van der Waals surface area contributed by atoms with Gasteiger partial charge in [0.05, 0.1) is 16.7 Å². The number of benzene rings is 2. The Labute approximate surface area is 170 Å². The SMILES string of the molecule is O=Cc1ccc2c(C3CCCCC3)c3n(c2c1)CCCn1c-3nc2ccccc21. The molecule has 2 aliphatic rings. The van der Waals surface area contributed by atoms with Gasteiger partial charge in [0.1, 0.15) is 6.29 Å². The largest absolute Gasteiger partial charge is 0.338 e. The van der Waals surface area contributed by atoms with E-state index in [1.54, 1.807) is 0 Å². The van der Waals surface area contributed by atoms with E-state index in [0.717, 1.165) is 42.7 Å². The molecule has 0 atom stereocenters. The molecule has 0 spiro atoms. The minimum atomic E-state index is 0.580. The normalized spacial score (nSPS) is 17.2. The van der Waals surface area contributed by atoms with E-state index in [0.29, 0.717) is 5.92 Å².